The van der Waals surface area contributed by atoms with Gasteiger partial charge in [0.25, 0.3) is 0 Å². The minimum atomic E-state index is 0.754. The van der Waals surface area contributed by atoms with Crippen LogP contribution in [0.4, 0.5) is 0 Å². The summed E-state index contributed by atoms with van der Waals surface area (Å²) in [4.78, 5) is 11.7. The van der Waals surface area contributed by atoms with E-state index in [-0.39, 0.29) is 0 Å². The van der Waals surface area contributed by atoms with Crippen molar-refractivity contribution in [1.82, 2.24) is 25.3 Å². The lowest BCUT2D eigenvalue weighted by atomic mass is 10.0. The van der Waals surface area contributed by atoms with Gasteiger partial charge in [-0.3, -0.25) is 9.89 Å². The van der Waals surface area contributed by atoms with E-state index in [4.69, 9.17) is 4.74 Å². The number of hydrogen-bond donors (Lipinski definition) is 2. The summed E-state index contributed by atoms with van der Waals surface area (Å²) < 4.78 is 5.37. The molecule has 7 heteroatoms. The number of nitrogens with zero attached hydrogens (tertiary/aromatic N) is 4. The van der Waals surface area contributed by atoms with Gasteiger partial charge < -0.3 is 25.2 Å². The lowest BCUT2D eigenvalue weighted by Crippen LogP contribution is -2.47. The third-order valence-electron chi connectivity index (χ3n) is 5.06. The molecule has 0 aliphatic carbocycles. The highest BCUT2D eigenvalue weighted by atomic mass is 16.5. The number of nitrogens with one attached hydrogen (secondary N) is 2. The molecule has 0 spiro atoms. The molecule has 24 heavy (non-hydrogen) atoms. The largest absolute Gasteiger partial charge is 0.379 e. The van der Waals surface area contributed by atoms with Crippen LogP contribution in [0.1, 0.15) is 12.8 Å². The Balaban J connectivity index is 1.53. The first-order chi connectivity index (χ1) is 11.7. The Hall–Kier alpha value is -0.890. The van der Waals surface area contributed by atoms with E-state index in [1.54, 1.807) is 0 Å². The van der Waals surface area contributed by atoms with E-state index in [0.717, 1.165) is 64.5 Å². The highest BCUT2D eigenvalue weighted by molar-refractivity contribution is 5.79. The van der Waals surface area contributed by atoms with Crippen molar-refractivity contribution in [2.75, 3.05) is 86.7 Å². The zero-order chi connectivity index (χ0) is 17.2. The molecule has 0 aromatic rings. The monoisotopic (exact) mass is 340 g/mol. The average molecular weight is 341 g/mol. The van der Waals surface area contributed by atoms with Crippen LogP contribution in [0, 0.1) is 0 Å². The molecule has 2 aliphatic heterocycles. The summed E-state index contributed by atoms with van der Waals surface area (Å²) in [5.74, 6) is 0.909. The summed E-state index contributed by atoms with van der Waals surface area (Å²) in [7, 11) is 6.22. The van der Waals surface area contributed by atoms with Gasteiger partial charge in [-0.1, -0.05) is 0 Å². The number of morpholine rings is 1. The molecule has 2 N–H and O–H groups in total. The molecule has 0 aromatic heterocycles. The summed E-state index contributed by atoms with van der Waals surface area (Å²) in [6, 6.07) is 0.754. The van der Waals surface area contributed by atoms with E-state index in [0.29, 0.717) is 0 Å². The predicted molar refractivity (Wildman–Crippen MR) is 99.8 cm³/mol. The van der Waals surface area contributed by atoms with Crippen molar-refractivity contribution in [2.45, 2.75) is 18.9 Å². The molecule has 0 saturated carbocycles. The van der Waals surface area contributed by atoms with Crippen LogP contribution in [0.15, 0.2) is 4.99 Å². The smallest absolute Gasteiger partial charge is 0.191 e. The molecule has 2 saturated heterocycles. The maximum Gasteiger partial charge on any atom is 0.191 e. The maximum absolute atomic E-state index is 5.37. The summed E-state index contributed by atoms with van der Waals surface area (Å²) in [6.45, 7) is 10.2. The second-order valence-corrected chi connectivity index (χ2v) is 6.92. The van der Waals surface area contributed by atoms with Crippen molar-refractivity contribution >= 4 is 5.96 Å². The number of ether oxygens (including phenoxy) is 1. The fourth-order valence-corrected chi connectivity index (χ4v) is 3.37. The van der Waals surface area contributed by atoms with Crippen LogP contribution < -0.4 is 10.6 Å². The number of likely N-dealkylation sites (tertiary alicyclic amines) is 1. The zero-order valence-corrected chi connectivity index (χ0v) is 15.8. The number of hydrogen-bond acceptors (Lipinski definition) is 5. The second kappa shape index (κ2) is 10.9. The average Bonchev–Trinajstić information content (AvgIpc) is 2.61. The van der Waals surface area contributed by atoms with Gasteiger partial charge in [0.05, 0.1) is 13.2 Å². The zero-order valence-electron chi connectivity index (χ0n) is 15.8. The lowest BCUT2D eigenvalue weighted by Gasteiger charge is -2.35. The van der Waals surface area contributed by atoms with Crippen molar-refractivity contribution in [3.63, 3.8) is 0 Å². The van der Waals surface area contributed by atoms with Crippen LogP contribution in [0.3, 0.4) is 0 Å². The van der Waals surface area contributed by atoms with E-state index in [1.807, 2.05) is 7.05 Å². The topological polar surface area (TPSA) is 55.4 Å². The molecule has 0 aromatic carbocycles. The minimum Gasteiger partial charge on any atom is -0.379 e. The summed E-state index contributed by atoms with van der Waals surface area (Å²) in [5, 5.41) is 6.84. The van der Waals surface area contributed by atoms with Crippen molar-refractivity contribution < 1.29 is 4.74 Å². The standard InChI is InChI=1S/C17H36N6O/c1-18-17(20-7-11-23-12-14-24-15-13-23)19-6-10-22-8-4-16(5-9-22)21(2)3/h16H,4-15H2,1-3H3,(H2,18,19,20). The molecule has 0 atom stereocenters. The van der Waals surface area contributed by atoms with E-state index in [2.05, 4.69) is 44.4 Å². The SMILES string of the molecule is CN=C(NCCN1CCOCC1)NCCN1CCC(N(C)C)CC1. The Morgan fingerprint density at radius 2 is 1.54 bits per heavy atom. The number of guanidine groups is 1. The summed E-state index contributed by atoms with van der Waals surface area (Å²) in [5.41, 5.74) is 0. The van der Waals surface area contributed by atoms with E-state index in [9.17, 15) is 0 Å². The summed E-state index contributed by atoms with van der Waals surface area (Å²) in [6.07, 6.45) is 2.55. The minimum absolute atomic E-state index is 0.754. The molecule has 0 unspecified atom stereocenters. The van der Waals surface area contributed by atoms with Crippen molar-refractivity contribution in [1.29, 1.82) is 0 Å². The highest BCUT2D eigenvalue weighted by Gasteiger charge is 2.20. The van der Waals surface area contributed by atoms with Gasteiger partial charge in [-0.25, -0.2) is 0 Å². The molecule has 0 amide bonds. The molecule has 2 heterocycles. The van der Waals surface area contributed by atoms with Crippen LogP contribution in [-0.4, -0.2) is 113 Å². The van der Waals surface area contributed by atoms with Crippen molar-refractivity contribution in [3.8, 4) is 0 Å². The molecule has 0 bridgehead atoms. The van der Waals surface area contributed by atoms with Gasteiger partial charge in [0, 0.05) is 52.4 Å². The molecule has 7 nitrogen and oxygen atoms in total. The molecule has 2 rings (SSSR count). The van der Waals surface area contributed by atoms with Crippen LogP contribution in [-0.2, 0) is 4.74 Å². The van der Waals surface area contributed by atoms with Crippen molar-refractivity contribution in [2.24, 2.45) is 4.99 Å². The van der Waals surface area contributed by atoms with Crippen molar-refractivity contribution in [3.05, 3.63) is 0 Å². The highest BCUT2D eigenvalue weighted by Crippen LogP contribution is 2.13. The van der Waals surface area contributed by atoms with Crippen LogP contribution >= 0.6 is 0 Å². The molecule has 2 fully saturated rings. The Morgan fingerprint density at radius 3 is 2.04 bits per heavy atom. The third-order valence-corrected chi connectivity index (χ3v) is 5.06. The van der Waals surface area contributed by atoms with E-state index >= 15 is 0 Å². The predicted octanol–water partition coefficient (Wildman–Crippen LogP) is -0.490. The number of rotatable bonds is 7. The Morgan fingerprint density at radius 1 is 1.00 bits per heavy atom. The van der Waals surface area contributed by atoms with Gasteiger partial charge in [0.1, 0.15) is 0 Å². The third kappa shape index (κ3) is 6.93. The molecule has 0 radical (unpaired) electrons. The fourth-order valence-electron chi connectivity index (χ4n) is 3.37. The number of piperidine rings is 1. The summed E-state index contributed by atoms with van der Waals surface area (Å²) >= 11 is 0. The Kier molecular flexibility index (Phi) is 8.80. The quantitative estimate of drug-likeness (QED) is 0.482. The van der Waals surface area contributed by atoms with E-state index in [1.165, 1.54) is 25.9 Å². The second-order valence-electron chi connectivity index (χ2n) is 6.92. The molecular formula is C17H36N6O. The van der Waals surface area contributed by atoms with Gasteiger partial charge in [-0.05, 0) is 40.0 Å². The Bertz CT molecular complexity index is 362. The van der Waals surface area contributed by atoms with Gasteiger partial charge in [0.2, 0.25) is 0 Å². The Labute approximate surface area is 147 Å². The first-order valence-corrected chi connectivity index (χ1v) is 9.32. The van der Waals surface area contributed by atoms with Gasteiger partial charge in [0.15, 0.2) is 5.96 Å². The van der Waals surface area contributed by atoms with Gasteiger partial charge in [-0.15, -0.1) is 0 Å². The lowest BCUT2D eigenvalue weighted by molar-refractivity contribution is 0.0389. The molecule has 140 valence electrons. The normalized spacial score (nSPS) is 22.1. The van der Waals surface area contributed by atoms with E-state index < -0.39 is 0 Å². The molecular weight excluding hydrogens is 304 g/mol. The van der Waals surface area contributed by atoms with Gasteiger partial charge in [-0.2, -0.15) is 0 Å². The fraction of sp³-hybridized carbons (Fsp3) is 0.941. The first-order valence-electron chi connectivity index (χ1n) is 9.32. The van der Waals surface area contributed by atoms with Gasteiger partial charge >= 0.3 is 0 Å². The maximum atomic E-state index is 5.37. The number of aliphatic imine (C=N–C) groups is 1. The van der Waals surface area contributed by atoms with Crippen LogP contribution in [0.2, 0.25) is 0 Å². The first kappa shape index (κ1) is 19.4. The van der Waals surface area contributed by atoms with Crippen LogP contribution in [0.5, 0.6) is 0 Å². The van der Waals surface area contributed by atoms with Crippen LogP contribution in [0.25, 0.3) is 0 Å². The molecule has 2 aliphatic rings.